The first kappa shape index (κ1) is 11.5. The molecule has 1 aliphatic rings. The number of benzene rings is 2. The van der Waals surface area contributed by atoms with Crippen molar-refractivity contribution in [3.8, 4) is 0 Å². The van der Waals surface area contributed by atoms with E-state index in [9.17, 15) is 0 Å². The van der Waals surface area contributed by atoms with Crippen molar-refractivity contribution >= 4 is 16.5 Å². The molecule has 0 spiro atoms. The molecular weight excluding hydrogens is 220 g/mol. The van der Waals surface area contributed by atoms with E-state index in [1.807, 2.05) is 0 Å². The molecule has 1 fully saturated rings. The summed E-state index contributed by atoms with van der Waals surface area (Å²) in [5, 5.41) is 6.17. The molecule has 0 aliphatic heterocycles. The molecule has 0 unspecified atom stereocenters. The normalized spacial score (nSPS) is 24.1. The highest BCUT2D eigenvalue weighted by Crippen LogP contribution is 2.23. The number of hydrogen-bond acceptors (Lipinski definition) is 2. The van der Waals surface area contributed by atoms with Crippen LogP contribution >= 0.6 is 0 Å². The molecule has 94 valence electrons. The van der Waals surface area contributed by atoms with E-state index in [1.165, 1.54) is 35.7 Å². The maximum Gasteiger partial charge on any atom is 0.0412 e. The molecule has 2 atom stereocenters. The largest absolute Gasteiger partial charge is 0.381 e. The fourth-order valence-corrected chi connectivity index (χ4v) is 2.83. The topological polar surface area (TPSA) is 38.0 Å². The fourth-order valence-electron chi connectivity index (χ4n) is 2.83. The third kappa shape index (κ3) is 2.34. The Hall–Kier alpha value is -1.54. The molecule has 2 nitrogen and oxygen atoms in total. The quantitative estimate of drug-likeness (QED) is 0.843. The standard InChI is InChI=1S/C16H20N2/c17-15-7-3-4-8-16(15)18-14-10-9-12-5-1-2-6-13(12)11-14/h1-2,5-6,9-11,15-16,18H,3-4,7-8,17H2/t15-,16-/m1/s1. The second-order valence-corrected chi connectivity index (χ2v) is 5.26. The summed E-state index contributed by atoms with van der Waals surface area (Å²) in [5.41, 5.74) is 7.37. The van der Waals surface area contributed by atoms with E-state index in [0.717, 1.165) is 6.42 Å². The zero-order valence-electron chi connectivity index (χ0n) is 10.6. The Morgan fingerprint density at radius 2 is 1.72 bits per heavy atom. The molecule has 1 saturated carbocycles. The summed E-state index contributed by atoms with van der Waals surface area (Å²) in [6, 6.07) is 15.7. The monoisotopic (exact) mass is 240 g/mol. The average Bonchev–Trinajstić information content (AvgIpc) is 2.41. The average molecular weight is 240 g/mol. The highest BCUT2D eigenvalue weighted by molar-refractivity contribution is 5.85. The summed E-state index contributed by atoms with van der Waals surface area (Å²) in [5.74, 6) is 0. The van der Waals surface area contributed by atoms with Gasteiger partial charge in [-0.1, -0.05) is 43.2 Å². The van der Waals surface area contributed by atoms with Gasteiger partial charge in [0.1, 0.15) is 0 Å². The van der Waals surface area contributed by atoms with Crippen LogP contribution in [0.4, 0.5) is 5.69 Å². The molecule has 0 radical (unpaired) electrons. The number of nitrogens with one attached hydrogen (secondary N) is 1. The van der Waals surface area contributed by atoms with Gasteiger partial charge in [0, 0.05) is 17.8 Å². The highest BCUT2D eigenvalue weighted by atomic mass is 15.0. The van der Waals surface area contributed by atoms with Crippen molar-refractivity contribution in [1.82, 2.24) is 0 Å². The first-order valence-electron chi connectivity index (χ1n) is 6.84. The van der Waals surface area contributed by atoms with E-state index in [0.29, 0.717) is 12.1 Å². The van der Waals surface area contributed by atoms with Gasteiger partial charge in [0.05, 0.1) is 0 Å². The van der Waals surface area contributed by atoms with Crippen molar-refractivity contribution in [2.75, 3.05) is 5.32 Å². The van der Waals surface area contributed by atoms with Gasteiger partial charge in [0.2, 0.25) is 0 Å². The van der Waals surface area contributed by atoms with Gasteiger partial charge < -0.3 is 11.1 Å². The van der Waals surface area contributed by atoms with Gasteiger partial charge in [-0.05, 0) is 35.7 Å². The lowest BCUT2D eigenvalue weighted by Crippen LogP contribution is -2.42. The Labute approximate surface area is 108 Å². The van der Waals surface area contributed by atoms with Crippen LogP contribution in [-0.4, -0.2) is 12.1 Å². The summed E-state index contributed by atoms with van der Waals surface area (Å²) >= 11 is 0. The summed E-state index contributed by atoms with van der Waals surface area (Å²) < 4.78 is 0. The second kappa shape index (κ2) is 4.99. The molecule has 0 saturated heterocycles. The van der Waals surface area contributed by atoms with Crippen LogP contribution < -0.4 is 11.1 Å². The number of rotatable bonds is 2. The van der Waals surface area contributed by atoms with Crippen LogP contribution in [0.2, 0.25) is 0 Å². The maximum atomic E-state index is 6.18. The van der Waals surface area contributed by atoms with Crippen LogP contribution in [0, 0.1) is 0 Å². The number of nitrogens with two attached hydrogens (primary N) is 1. The summed E-state index contributed by atoms with van der Waals surface area (Å²) in [6.07, 6.45) is 4.90. The van der Waals surface area contributed by atoms with Gasteiger partial charge in [0.25, 0.3) is 0 Å². The molecule has 0 heterocycles. The van der Waals surface area contributed by atoms with Crippen molar-refractivity contribution in [2.24, 2.45) is 5.73 Å². The van der Waals surface area contributed by atoms with E-state index in [1.54, 1.807) is 0 Å². The molecule has 2 heteroatoms. The summed E-state index contributed by atoms with van der Waals surface area (Å²) in [4.78, 5) is 0. The summed E-state index contributed by atoms with van der Waals surface area (Å²) in [7, 11) is 0. The highest BCUT2D eigenvalue weighted by Gasteiger charge is 2.21. The van der Waals surface area contributed by atoms with Crippen molar-refractivity contribution < 1.29 is 0 Å². The zero-order valence-corrected chi connectivity index (χ0v) is 10.6. The van der Waals surface area contributed by atoms with E-state index in [-0.39, 0.29) is 0 Å². The molecule has 2 aromatic carbocycles. The van der Waals surface area contributed by atoms with Gasteiger partial charge in [-0.2, -0.15) is 0 Å². The number of hydrogen-bond donors (Lipinski definition) is 2. The molecule has 0 amide bonds. The maximum absolute atomic E-state index is 6.18. The Morgan fingerprint density at radius 3 is 2.56 bits per heavy atom. The van der Waals surface area contributed by atoms with Crippen molar-refractivity contribution in [1.29, 1.82) is 0 Å². The van der Waals surface area contributed by atoms with Gasteiger partial charge in [-0.25, -0.2) is 0 Å². The lowest BCUT2D eigenvalue weighted by atomic mass is 9.91. The van der Waals surface area contributed by atoms with Crippen molar-refractivity contribution in [3.05, 3.63) is 42.5 Å². The number of fused-ring (bicyclic) bond motifs is 1. The van der Waals surface area contributed by atoms with Gasteiger partial charge in [-0.3, -0.25) is 0 Å². The molecule has 3 rings (SSSR count). The van der Waals surface area contributed by atoms with Gasteiger partial charge in [0.15, 0.2) is 0 Å². The van der Waals surface area contributed by atoms with E-state index < -0.39 is 0 Å². The minimum absolute atomic E-state index is 0.297. The SMILES string of the molecule is N[C@@H]1CCCC[C@H]1Nc1ccc2ccccc2c1. The third-order valence-electron chi connectivity index (χ3n) is 3.92. The summed E-state index contributed by atoms with van der Waals surface area (Å²) in [6.45, 7) is 0. The first-order valence-corrected chi connectivity index (χ1v) is 6.84. The lowest BCUT2D eigenvalue weighted by molar-refractivity contribution is 0.404. The van der Waals surface area contributed by atoms with Crippen molar-refractivity contribution in [2.45, 2.75) is 37.8 Å². The molecular formula is C16H20N2. The molecule has 1 aliphatic carbocycles. The zero-order chi connectivity index (χ0) is 12.4. The van der Waals surface area contributed by atoms with E-state index in [2.05, 4.69) is 47.8 Å². The molecule has 2 aromatic rings. The van der Waals surface area contributed by atoms with Crippen LogP contribution in [0.1, 0.15) is 25.7 Å². The molecule has 3 N–H and O–H groups in total. The van der Waals surface area contributed by atoms with E-state index >= 15 is 0 Å². The number of anilines is 1. The minimum Gasteiger partial charge on any atom is -0.381 e. The Balaban J connectivity index is 1.81. The molecule has 0 aromatic heterocycles. The first-order chi connectivity index (χ1) is 8.83. The van der Waals surface area contributed by atoms with Crippen molar-refractivity contribution in [3.63, 3.8) is 0 Å². The predicted octanol–water partition coefficient (Wildman–Crippen LogP) is 3.52. The smallest absolute Gasteiger partial charge is 0.0412 e. The Morgan fingerprint density at radius 1 is 0.944 bits per heavy atom. The second-order valence-electron chi connectivity index (χ2n) is 5.26. The molecule has 0 bridgehead atoms. The van der Waals surface area contributed by atoms with Crippen LogP contribution in [0.3, 0.4) is 0 Å². The lowest BCUT2D eigenvalue weighted by Gasteiger charge is -2.30. The minimum atomic E-state index is 0.297. The van der Waals surface area contributed by atoms with Gasteiger partial charge >= 0.3 is 0 Å². The molecule has 18 heavy (non-hydrogen) atoms. The Kier molecular flexibility index (Phi) is 3.20. The van der Waals surface area contributed by atoms with Gasteiger partial charge in [-0.15, -0.1) is 0 Å². The third-order valence-corrected chi connectivity index (χ3v) is 3.92. The predicted molar refractivity (Wildman–Crippen MR) is 77.8 cm³/mol. The van der Waals surface area contributed by atoms with E-state index in [4.69, 9.17) is 5.73 Å². The van der Waals surface area contributed by atoms with Crippen LogP contribution in [0.25, 0.3) is 10.8 Å². The van der Waals surface area contributed by atoms with Crippen LogP contribution in [0.15, 0.2) is 42.5 Å². The van der Waals surface area contributed by atoms with Crippen LogP contribution in [0.5, 0.6) is 0 Å². The Bertz CT molecular complexity index is 535. The fraction of sp³-hybridized carbons (Fsp3) is 0.375. The van der Waals surface area contributed by atoms with Crippen LogP contribution in [-0.2, 0) is 0 Å².